The maximum Gasteiger partial charge on any atom is 0.308 e. The Morgan fingerprint density at radius 1 is 1.45 bits per heavy atom. The summed E-state index contributed by atoms with van der Waals surface area (Å²) in [5.41, 5.74) is 3.66. The fraction of sp³-hybridized carbons (Fsp3) is 0.417. The monoisotopic (exact) mass is 287 g/mol. The Hall–Kier alpha value is -2.09. The van der Waals surface area contributed by atoms with E-state index in [1.165, 1.54) is 0 Å². The van der Waals surface area contributed by atoms with Gasteiger partial charge in [-0.2, -0.15) is 4.39 Å². The van der Waals surface area contributed by atoms with Gasteiger partial charge in [-0.15, -0.1) is 0 Å². The molecule has 0 saturated carbocycles. The van der Waals surface area contributed by atoms with Crippen LogP contribution in [0.4, 0.5) is 14.5 Å². The van der Waals surface area contributed by atoms with Gasteiger partial charge in [-0.05, 0) is 12.0 Å². The van der Waals surface area contributed by atoms with Crippen LogP contribution in [-0.4, -0.2) is 23.4 Å². The highest BCUT2D eigenvalue weighted by molar-refractivity contribution is 5.95. The quantitative estimate of drug-likeness (QED) is 0.634. The Morgan fingerprint density at radius 2 is 2.05 bits per heavy atom. The fourth-order valence-corrected chi connectivity index (χ4v) is 1.62. The molecule has 0 aliphatic heterocycles. The molecule has 1 atom stereocenters. The molecule has 0 fully saturated rings. The van der Waals surface area contributed by atoms with Gasteiger partial charge in [0.15, 0.2) is 0 Å². The first-order valence-electron chi connectivity index (χ1n) is 5.92. The van der Waals surface area contributed by atoms with Crippen molar-refractivity contribution in [2.45, 2.75) is 19.9 Å². The Balaban J connectivity index is 3.13. The maximum absolute atomic E-state index is 13.8. The minimum atomic E-state index is -1.37. The number of carbonyl (C=O) groups is 1. The van der Waals surface area contributed by atoms with Crippen LogP contribution in [0.15, 0.2) is 12.1 Å². The van der Waals surface area contributed by atoms with Crippen molar-refractivity contribution in [3.63, 3.8) is 0 Å². The predicted octanol–water partition coefficient (Wildman–Crippen LogP) is 1.59. The summed E-state index contributed by atoms with van der Waals surface area (Å²) in [6, 6.07) is 0.602. The molecule has 8 heteroatoms. The lowest BCUT2D eigenvalue weighted by Crippen LogP contribution is -2.44. The molecule has 0 spiro atoms. The van der Waals surface area contributed by atoms with Crippen LogP contribution in [0.2, 0.25) is 0 Å². The van der Waals surface area contributed by atoms with Gasteiger partial charge in [-0.1, -0.05) is 13.8 Å². The van der Waals surface area contributed by atoms with Crippen molar-refractivity contribution >= 4 is 11.6 Å². The summed E-state index contributed by atoms with van der Waals surface area (Å²) < 4.78 is 27.0. The molecule has 6 nitrogen and oxygen atoms in total. The van der Waals surface area contributed by atoms with E-state index in [1.54, 1.807) is 13.8 Å². The van der Waals surface area contributed by atoms with Crippen LogP contribution in [0, 0.1) is 27.7 Å². The lowest BCUT2D eigenvalue weighted by atomic mass is 10.0. The molecule has 0 bridgehead atoms. The molecule has 0 aliphatic rings. The van der Waals surface area contributed by atoms with E-state index < -0.39 is 39.8 Å². The van der Waals surface area contributed by atoms with Crippen molar-refractivity contribution in [1.82, 2.24) is 5.32 Å². The zero-order valence-corrected chi connectivity index (χ0v) is 11.0. The second-order valence-electron chi connectivity index (χ2n) is 4.60. The average Bonchev–Trinajstić information content (AvgIpc) is 2.37. The van der Waals surface area contributed by atoms with Gasteiger partial charge in [-0.25, -0.2) is 4.39 Å². The van der Waals surface area contributed by atoms with Crippen LogP contribution in [0.1, 0.15) is 24.2 Å². The summed E-state index contributed by atoms with van der Waals surface area (Å²) in [6.45, 7) is 3.70. The molecule has 0 heterocycles. The standard InChI is InChI=1S/C12H15F2N3O3/c1-6(2)9(5-15)16-12(18)8-3-7(13)4-10(11(8)14)17(19)20/h3-4,6,9H,5,15H2,1-2H3,(H,16,18). The Morgan fingerprint density at radius 3 is 2.50 bits per heavy atom. The first kappa shape index (κ1) is 16.0. The summed E-state index contributed by atoms with van der Waals surface area (Å²) in [7, 11) is 0. The van der Waals surface area contributed by atoms with Crippen molar-refractivity contribution in [2.24, 2.45) is 11.7 Å². The molecule has 110 valence electrons. The van der Waals surface area contributed by atoms with E-state index in [1.807, 2.05) is 0 Å². The summed E-state index contributed by atoms with van der Waals surface area (Å²) >= 11 is 0. The van der Waals surface area contributed by atoms with E-state index in [4.69, 9.17) is 5.73 Å². The molecule has 0 aromatic heterocycles. The van der Waals surface area contributed by atoms with Crippen molar-refractivity contribution in [1.29, 1.82) is 0 Å². The van der Waals surface area contributed by atoms with Gasteiger partial charge in [-0.3, -0.25) is 14.9 Å². The first-order valence-corrected chi connectivity index (χ1v) is 5.92. The van der Waals surface area contributed by atoms with Crippen LogP contribution in [-0.2, 0) is 0 Å². The number of nitrogens with two attached hydrogens (primary N) is 1. The molecule has 0 radical (unpaired) electrons. The van der Waals surface area contributed by atoms with Crippen LogP contribution < -0.4 is 11.1 Å². The first-order chi connectivity index (χ1) is 9.27. The molecule has 0 saturated heterocycles. The summed E-state index contributed by atoms with van der Waals surface area (Å²) in [6.07, 6.45) is 0. The molecule has 3 N–H and O–H groups in total. The van der Waals surface area contributed by atoms with Crippen molar-refractivity contribution in [2.75, 3.05) is 6.54 Å². The van der Waals surface area contributed by atoms with Gasteiger partial charge in [0, 0.05) is 12.6 Å². The van der Waals surface area contributed by atoms with Crippen LogP contribution in [0.25, 0.3) is 0 Å². The number of benzene rings is 1. The summed E-state index contributed by atoms with van der Waals surface area (Å²) in [5.74, 6) is -3.38. The molecule has 1 aromatic carbocycles. The average molecular weight is 287 g/mol. The highest BCUT2D eigenvalue weighted by Crippen LogP contribution is 2.22. The van der Waals surface area contributed by atoms with Gasteiger partial charge in [0.05, 0.1) is 16.6 Å². The fourth-order valence-electron chi connectivity index (χ4n) is 1.62. The van der Waals surface area contributed by atoms with E-state index in [-0.39, 0.29) is 12.5 Å². The maximum atomic E-state index is 13.8. The number of rotatable bonds is 5. The smallest absolute Gasteiger partial charge is 0.308 e. The molecule has 1 unspecified atom stereocenters. The third kappa shape index (κ3) is 3.47. The van der Waals surface area contributed by atoms with Crippen LogP contribution in [0.3, 0.4) is 0 Å². The van der Waals surface area contributed by atoms with Gasteiger partial charge >= 0.3 is 5.69 Å². The SMILES string of the molecule is CC(C)C(CN)NC(=O)c1cc(F)cc([N+](=O)[O-])c1F. The van der Waals surface area contributed by atoms with Gasteiger partial charge in [0.1, 0.15) is 5.82 Å². The summed E-state index contributed by atoms with van der Waals surface area (Å²) in [5, 5.41) is 13.0. The molecule has 1 rings (SSSR count). The van der Waals surface area contributed by atoms with E-state index >= 15 is 0 Å². The molecule has 0 aliphatic carbocycles. The highest BCUT2D eigenvalue weighted by atomic mass is 19.1. The van der Waals surface area contributed by atoms with Crippen molar-refractivity contribution < 1.29 is 18.5 Å². The van der Waals surface area contributed by atoms with Crippen molar-refractivity contribution in [3.8, 4) is 0 Å². The lowest BCUT2D eigenvalue weighted by Gasteiger charge is -2.20. The second-order valence-corrected chi connectivity index (χ2v) is 4.60. The van der Waals surface area contributed by atoms with Gasteiger partial charge in [0.25, 0.3) is 5.91 Å². The zero-order valence-electron chi connectivity index (χ0n) is 11.0. The van der Waals surface area contributed by atoms with E-state index in [2.05, 4.69) is 5.32 Å². The van der Waals surface area contributed by atoms with Gasteiger partial charge in [0.2, 0.25) is 5.82 Å². The molecule has 1 aromatic rings. The number of halogens is 2. The molecular weight excluding hydrogens is 272 g/mol. The van der Waals surface area contributed by atoms with Crippen molar-refractivity contribution in [3.05, 3.63) is 39.4 Å². The zero-order chi connectivity index (χ0) is 15.4. The molecular formula is C12H15F2N3O3. The number of nitrogens with zero attached hydrogens (tertiary/aromatic N) is 1. The third-order valence-electron chi connectivity index (χ3n) is 2.83. The van der Waals surface area contributed by atoms with E-state index in [0.717, 1.165) is 0 Å². The minimum absolute atomic E-state index is 0.0180. The number of nitro groups is 1. The van der Waals surface area contributed by atoms with E-state index in [0.29, 0.717) is 12.1 Å². The number of hydrogen-bond donors (Lipinski definition) is 2. The molecule has 1 amide bonds. The number of nitro benzene ring substituents is 1. The Labute approximate surface area is 114 Å². The third-order valence-corrected chi connectivity index (χ3v) is 2.83. The lowest BCUT2D eigenvalue weighted by molar-refractivity contribution is -0.387. The Bertz CT molecular complexity index is 535. The normalized spacial score (nSPS) is 12.3. The largest absolute Gasteiger partial charge is 0.348 e. The number of amides is 1. The number of hydrogen-bond acceptors (Lipinski definition) is 4. The minimum Gasteiger partial charge on any atom is -0.348 e. The Kier molecular flexibility index (Phi) is 5.09. The number of carbonyl (C=O) groups excluding carboxylic acids is 1. The highest BCUT2D eigenvalue weighted by Gasteiger charge is 2.25. The van der Waals surface area contributed by atoms with E-state index in [9.17, 15) is 23.7 Å². The topological polar surface area (TPSA) is 98.3 Å². The van der Waals surface area contributed by atoms with Gasteiger partial charge < -0.3 is 11.1 Å². The predicted molar refractivity (Wildman–Crippen MR) is 68.2 cm³/mol. The number of nitrogens with one attached hydrogen (secondary N) is 1. The van der Waals surface area contributed by atoms with Crippen LogP contribution in [0.5, 0.6) is 0 Å². The van der Waals surface area contributed by atoms with Crippen LogP contribution >= 0.6 is 0 Å². The summed E-state index contributed by atoms with van der Waals surface area (Å²) in [4.78, 5) is 21.4. The second kappa shape index (κ2) is 6.38. The molecule has 20 heavy (non-hydrogen) atoms.